The Morgan fingerprint density at radius 3 is 2.95 bits per heavy atom. The van der Waals surface area contributed by atoms with Crippen molar-refractivity contribution in [3.63, 3.8) is 0 Å². The number of hydrogen-bond donors (Lipinski definition) is 3. The minimum absolute atomic E-state index is 0.0570. The summed E-state index contributed by atoms with van der Waals surface area (Å²) in [6.45, 7) is 3.91. The highest BCUT2D eigenvalue weighted by atomic mass is 16.5. The van der Waals surface area contributed by atoms with Crippen LogP contribution in [0.25, 0.3) is 0 Å². The predicted octanol–water partition coefficient (Wildman–Crippen LogP) is 1.13. The van der Waals surface area contributed by atoms with Gasteiger partial charge in [-0.25, -0.2) is 0 Å². The van der Waals surface area contributed by atoms with Crippen LogP contribution in [0.1, 0.15) is 23.7 Å². The van der Waals surface area contributed by atoms with Crippen LogP contribution in [0, 0.1) is 5.92 Å². The second kappa shape index (κ2) is 5.93. The first-order valence-electron chi connectivity index (χ1n) is 6.50. The van der Waals surface area contributed by atoms with Gasteiger partial charge in [0.1, 0.15) is 11.5 Å². The Labute approximate surface area is 113 Å². The second-order valence-corrected chi connectivity index (χ2v) is 4.93. The van der Waals surface area contributed by atoms with Crippen molar-refractivity contribution in [2.75, 3.05) is 20.2 Å². The molecule has 5 heteroatoms. The van der Waals surface area contributed by atoms with E-state index in [1.807, 2.05) is 0 Å². The van der Waals surface area contributed by atoms with Crippen LogP contribution in [0.15, 0.2) is 18.2 Å². The molecule has 2 atom stereocenters. The Morgan fingerprint density at radius 2 is 2.32 bits per heavy atom. The van der Waals surface area contributed by atoms with E-state index in [1.54, 1.807) is 12.1 Å². The quantitative estimate of drug-likeness (QED) is 0.765. The maximum atomic E-state index is 12.1. The highest BCUT2D eigenvalue weighted by Crippen LogP contribution is 2.23. The molecule has 1 fully saturated rings. The number of carbonyl (C=O) groups is 1. The molecule has 1 aliphatic rings. The van der Waals surface area contributed by atoms with Gasteiger partial charge in [-0.05, 0) is 37.6 Å². The largest absolute Gasteiger partial charge is 0.507 e. The monoisotopic (exact) mass is 264 g/mol. The van der Waals surface area contributed by atoms with Crippen LogP contribution in [-0.4, -0.2) is 37.3 Å². The first-order valence-corrected chi connectivity index (χ1v) is 6.50. The lowest BCUT2D eigenvalue weighted by atomic mass is 9.95. The Balaban J connectivity index is 2.07. The number of aromatic hydroxyl groups is 1. The van der Waals surface area contributed by atoms with E-state index in [0.717, 1.165) is 19.5 Å². The summed E-state index contributed by atoms with van der Waals surface area (Å²) in [6, 6.07) is 4.84. The summed E-state index contributed by atoms with van der Waals surface area (Å²) in [6.07, 6.45) is 0.907. The van der Waals surface area contributed by atoms with Crippen molar-refractivity contribution in [2.45, 2.75) is 19.4 Å². The third-order valence-electron chi connectivity index (χ3n) is 3.55. The van der Waals surface area contributed by atoms with E-state index in [-0.39, 0.29) is 23.3 Å². The number of hydrogen-bond acceptors (Lipinski definition) is 4. The molecule has 2 unspecified atom stereocenters. The van der Waals surface area contributed by atoms with Crippen molar-refractivity contribution in [3.8, 4) is 11.5 Å². The van der Waals surface area contributed by atoms with Crippen LogP contribution in [0.2, 0.25) is 0 Å². The number of nitrogens with one attached hydrogen (secondary N) is 2. The second-order valence-electron chi connectivity index (χ2n) is 4.93. The van der Waals surface area contributed by atoms with Gasteiger partial charge in [0.15, 0.2) is 0 Å². The van der Waals surface area contributed by atoms with Gasteiger partial charge in [-0.15, -0.1) is 0 Å². The van der Waals surface area contributed by atoms with Crippen LogP contribution < -0.4 is 15.4 Å². The molecule has 104 valence electrons. The minimum atomic E-state index is -0.237. The molecule has 1 aromatic carbocycles. The third kappa shape index (κ3) is 3.17. The lowest BCUT2D eigenvalue weighted by Crippen LogP contribution is -2.48. The van der Waals surface area contributed by atoms with Crippen molar-refractivity contribution >= 4 is 5.91 Å². The fraction of sp³-hybridized carbons (Fsp3) is 0.500. The number of piperidine rings is 1. The number of phenols is 1. The molecule has 1 amide bonds. The first kappa shape index (κ1) is 13.7. The lowest BCUT2D eigenvalue weighted by Gasteiger charge is -2.30. The summed E-state index contributed by atoms with van der Waals surface area (Å²) in [5, 5.41) is 16.1. The van der Waals surface area contributed by atoms with Crippen molar-refractivity contribution < 1.29 is 14.6 Å². The summed E-state index contributed by atoms with van der Waals surface area (Å²) in [5.41, 5.74) is 0.284. The average Bonchev–Trinajstić information content (AvgIpc) is 2.41. The molecular weight excluding hydrogens is 244 g/mol. The van der Waals surface area contributed by atoms with Crippen molar-refractivity contribution in [2.24, 2.45) is 5.92 Å². The summed E-state index contributed by atoms with van der Waals surface area (Å²) >= 11 is 0. The number of methoxy groups -OCH3 is 1. The zero-order chi connectivity index (χ0) is 13.8. The smallest absolute Gasteiger partial charge is 0.255 e. The standard InChI is InChI=1S/C14H20N2O3/c1-9-8-15-6-5-12(9)16-14(18)11-4-3-10(19-2)7-13(11)17/h3-4,7,9,12,15,17H,5-6,8H2,1-2H3,(H,16,18). The first-order chi connectivity index (χ1) is 9.11. The number of carbonyl (C=O) groups excluding carboxylic acids is 1. The number of benzene rings is 1. The van der Waals surface area contributed by atoms with Crippen molar-refractivity contribution in [1.82, 2.24) is 10.6 Å². The molecule has 0 radical (unpaired) electrons. The molecule has 3 N–H and O–H groups in total. The maximum Gasteiger partial charge on any atom is 0.255 e. The molecule has 1 aliphatic heterocycles. The SMILES string of the molecule is COc1ccc(C(=O)NC2CCNCC2C)c(O)c1. The highest BCUT2D eigenvalue weighted by molar-refractivity contribution is 5.97. The molecule has 0 saturated carbocycles. The lowest BCUT2D eigenvalue weighted by molar-refractivity contribution is 0.0911. The van der Waals surface area contributed by atoms with Gasteiger partial charge in [0.25, 0.3) is 5.91 Å². The van der Waals surface area contributed by atoms with Crippen LogP contribution in [0.3, 0.4) is 0 Å². The molecule has 1 saturated heterocycles. The van der Waals surface area contributed by atoms with E-state index in [4.69, 9.17) is 4.74 Å². The Hall–Kier alpha value is -1.75. The normalized spacial score (nSPS) is 22.8. The van der Waals surface area contributed by atoms with Crippen LogP contribution >= 0.6 is 0 Å². The summed E-state index contributed by atoms with van der Waals surface area (Å²) in [5.74, 6) is 0.625. The molecule has 0 bridgehead atoms. The molecule has 2 rings (SSSR count). The molecule has 19 heavy (non-hydrogen) atoms. The van der Waals surface area contributed by atoms with Crippen LogP contribution in [0.4, 0.5) is 0 Å². The van der Waals surface area contributed by atoms with Crippen molar-refractivity contribution in [1.29, 1.82) is 0 Å². The topological polar surface area (TPSA) is 70.6 Å². The predicted molar refractivity (Wildman–Crippen MR) is 72.6 cm³/mol. The van der Waals surface area contributed by atoms with Gasteiger partial charge >= 0.3 is 0 Å². The van der Waals surface area contributed by atoms with Gasteiger partial charge in [-0.2, -0.15) is 0 Å². The maximum absolute atomic E-state index is 12.1. The Bertz CT molecular complexity index is 462. The molecule has 0 spiro atoms. The number of amides is 1. The van der Waals surface area contributed by atoms with E-state index >= 15 is 0 Å². The van der Waals surface area contributed by atoms with Gasteiger partial charge in [-0.1, -0.05) is 6.92 Å². The summed E-state index contributed by atoms with van der Waals surface area (Å²) in [4.78, 5) is 12.1. The zero-order valence-electron chi connectivity index (χ0n) is 11.3. The van der Waals surface area contributed by atoms with E-state index in [1.165, 1.54) is 13.2 Å². The summed E-state index contributed by atoms with van der Waals surface area (Å²) in [7, 11) is 1.52. The van der Waals surface area contributed by atoms with Crippen LogP contribution in [-0.2, 0) is 0 Å². The molecule has 5 nitrogen and oxygen atoms in total. The Kier molecular flexibility index (Phi) is 4.27. The fourth-order valence-electron chi connectivity index (χ4n) is 2.31. The molecule has 0 aliphatic carbocycles. The molecule has 0 aromatic heterocycles. The number of rotatable bonds is 3. The fourth-order valence-corrected chi connectivity index (χ4v) is 2.31. The van der Waals surface area contributed by atoms with Crippen molar-refractivity contribution in [3.05, 3.63) is 23.8 Å². The molecular formula is C14H20N2O3. The number of phenolic OH excluding ortho intramolecular Hbond substituents is 1. The Morgan fingerprint density at radius 1 is 1.53 bits per heavy atom. The van der Waals surface area contributed by atoms with Gasteiger partial charge in [-0.3, -0.25) is 4.79 Å². The van der Waals surface area contributed by atoms with Gasteiger partial charge in [0.05, 0.1) is 12.7 Å². The van der Waals surface area contributed by atoms with E-state index in [2.05, 4.69) is 17.6 Å². The molecule has 1 heterocycles. The third-order valence-corrected chi connectivity index (χ3v) is 3.55. The van der Waals surface area contributed by atoms with Crippen LogP contribution in [0.5, 0.6) is 11.5 Å². The summed E-state index contributed by atoms with van der Waals surface area (Å²) < 4.78 is 5.00. The van der Waals surface area contributed by atoms with Gasteiger partial charge in [0.2, 0.25) is 0 Å². The van der Waals surface area contributed by atoms with Gasteiger partial charge in [0, 0.05) is 12.1 Å². The van der Waals surface area contributed by atoms with Gasteiger partial charge < -0.3 is 20.5 Å². The van der Waals surface area contributed by atoms with E-state index < -0.39 is 0 Å². The van der Waals surface area contributed by atoms with E-state index in [9.17, 15) is 9.90 Å². The highest BCUT2D eigenvalue weighted by Gasteiger charge is 2.24. The van der Waals surface area contributed by atoms with E-state index in [0.29, 0.717) is 11.7 Å². The average molecular weight is 264 g/mol. The molecule has 1 aromatic rings. The minimum Gasteiger partial charge on any atom is -0.507 e. The number of ether oxygens (including phenoxy) is 1. The zero-order valence-corrected chi connectivity index (χ0v) is 11.3.